The molecule has 10 nitrogen and oxygen atoms in total. The highest BCUT2D eigenvalue weighted by atomic mass is 32.1. The lowest BCUT2D eigenvalue weighted by molar-refractivity contribution is -0.153. The van der Waals surface area contributed by atoms with Crippen LogP contribution in [-0.2, 0) is 28.7 Å². The highest BCUT2D eigenvalue weighted by Crippen LogP contribution is 2.12. The summed E-state index contributed by atoms with van der Waals surface area (Å²) in [4.78, 5) is 64.5. The number of hydrogen-bond donors (Lipinski definition) is 6. The Labute approximate surface area is 223 Å². The lowest BCUT2D eigenvalue weighted by Crippen LogP contribution is -2.57. The van der Waals surface area contributed by atoms with Gasteiger partial charge in [-0.15, -0.1) is 0 Å². The summed E-state index contributed by atoms with van der Waals surface area (Å²) in [5.74, 6) is -3.32. The molecule has 4 N–H and O–H groups in total. The lowest BCUT2D eigenvalue weighted by Gasteiger charge is -2.27. The summed E-state index contributed by atoms with van der Waals surface area (Å²) in [7, 11) is 0. The molecule has 1 fully saturated rings. The van der Waals surface area contributed by atoms with Gasteiger partial charge in [0.05, 0.1) is 6.42 Å². The molecule has 0 unspecified atom stereocenters. The van der Waals surface area contributed by atoms with Gasteiger partial charge in [-0.25, -0.2) is 4.79 Å². The minimum Gasteiger partial charge on any atom is -0.456 e. The van der Waals surface area contributed by atoms with E-state index in [-0.39, 0.29) is 29.7 Å². The molecule has 4 atom stereocenters. The number of amides is 4. The van der Waals surface area contributed by atoms with Gasteiger partial charge in [-0.2, -0.15) is 25.3 Å². The first kappa shape index (κ1) is 31.6. The zero-order chi connectivity index (χ0) is 27.4. The van der Waals surface area contributed by atoms with Crippen molar-refractivity contribution in [3.63, 3.8) is 0 Å². The van der Waals surface area contributed by atoms with Crippen LogP contribution in [0.5, 0.6) is 0 Å². The Kier molecular flexibility index (Phi) is 13.7. The van der Waals surface area contributed by atoms with Gasteiger partial charge in [0, 0.05) is 5.75 Å². The van der Waals surface area contributed by atoms with E-state index in [9.17, 15) is 24.0 Å². The molecule has 0 aliphatic carbocycles. The van der Waals surface area contributed by atoms with E-state index in [2.05, 4.69) is 46.5 Å². The number of cyclic esters (lactones) is 1. The maximum absolute atomic E-state index is 13.0. The Morgan fingerprint density at radius 3 is 2.11 bits per heavy atom. The molecule has 0 aromatic heterocycles. The summed E-state index contributed by atoms with van der Waals surface area (Å²) in [6, 6.07) is -3.06. The molecule has 36 heavy (non-hydrogen) atoms. The van der Waals surface area contributed by atoms with Crippen LogP contribution < -0.4 is 21.3 Å². The van der Waals surface area contributed by atoms with Crippen molar-refractivity contribution in [1.82, 2.24) is 21.3 Å². The van der Waals surface area contributed by atoms with E-state index < -0.39 is 53.8 Å². The van der Waals surface area contributed by atoms with Gasteiger partial charge in [0.1, 0.15) is 29.9 Å². The molecule has 0 radical (unpaired) electrons. The molecule has 1 aliphatic heterocycles. The van der Waals surface area contributed by atoms with Gasteiger partial charge in [-0.05, 0) is 37.0 Å². The second-order valence-electron chi connectivity index (χ2n) is 9.04. The summed E-state index contributed by atoms with van der Waals surface area (Å²) < 4.78 is 5.59. The molecule has 0 aromatic rings. The third-order valence-electron chi connectivity index (χ3n) is 5.38. The molecule has 0 saturated carbocycles. The number of thiol groups is 2. The second kappa shape index (κ2) is 15.6. The molecule has 12 heteroatoms. The third-order valence-corrected chi connectivity index (χ3v) is 6.00. The SMILES string of the molecule is C/C=C1/NC(=O)[C@@H](CS)NC(=O)[C@@H](C(C)C)NC(=O)C[C@H](/C=C/CCS)OC(=O)[C@H](C(C)C)NC1=O. The number of hydrogen-bond acceptors (Lipinski definition) is 8. The van der Waals surface area contributed by atoms with Gasteiger partial charge in [0.25, 0.3) is 5.91 Å². The van der Waals surface area contributed by atoms with Crippen LogP contribution in [-0.4, -0.2) is 65.3 Å². The summed E-state index contributed by atoms with van der Waals surface area (Å²) in [5.41, 5.74) is -0.0921. The lowest BCUT2D eigenvalue weighted by atomic mass is 10.0. The number of ether oxygens (including phenoxy) is 1. The van der Waals surface area contributed by atoms with E-state index in [1.54, 1.807) is 46.8 Å². The van der Waals surface area contributed by atoms with Crippen molar-refractivity contribution in [3.05, 3.63) is 23.9 Å². The summed E-state index contributed by atoms with van der Waals surface area (Å²) in [6.45, 7) is 8.51. The standard InChI is InChI=1S/C24H38N4O6S2/c1-6-16-21(30)28-20(14(4)5)24(33)34-15(9-7-8-10-35)11-18(29)27-19(13(2)3)23(32)26-17(12-36)22(31)25-16/h6-7,9,13-15,17,19-20,35-36H,8,10-12H2,1-5H3,(H,25,31)(H,26,32)(H,27,29)(H,28,30)/b9-7+,16-6+/t15-,17+,19+,20-/m0/s1. The first-order chi connectivity index (χ1) is 16.9. The number of nitrogens with one attached hydrogen (secondary N) is 4. The molecule has 1 heterocycles. The fourth-order valence-corrected chi connectivity index (χ4v) is 3.70. The highest BCUT2D eigenvalue weighted by Gasteiger charge is 2.33. The minimum absolute atomic E-state index is 0.0477. The average molecular weight is 543 g/mol. The van der Waals surface area contributed by atoms with E-state index in [4.69, 9.17) is 4.74 Å². The van der Waals surface area contributed by atoms with Crippen molar-refractivity contribution in [2.24, 2.45) is 11.8 Å². The summed E-state index contributed by atoms with van der Waals surface area (Å²) >= 11 is 8.31. The van der Waals surface area contributed by atoms with Crippen molar-refractivity contribution in [1.29, 1.82) is 0 Å². The highest BCUT2D eigenvalue weighted by molar-refractivity contribution is 7.80. The van der Waals surface area contributed by atoms with Crippen molar-refractivity contribution < 1.29 is 28.7 Å². The number of allylic oxidation sites excluding steroid dienone is 2. The quantitative estimate of drug-likeness (QED) is 0.127. The van der Waals surface area contributed by atoms with Crippen LogP contribution >= 0.6 is 25.3 Å². The molecule has 1 aliphatic rings. The number of carbonyl (C=O) groups is 5. The molecule has 1 rings (SSSR count). The first-order valence-corrected chi connectivity index (χ1v) is 13.2. The maximum atomic E-state index is 13.0. The number of carbonyl (C=O) groups excluding carboxylic acids is 5. The van der Waals surface area contributed by atoms with Crippen molar-refractivity contribution >= 4 is 54.9 Å². The predicted octanol–water partition coefficient (Wildman–Crippen LogP) is 0.894. The zero-order valence-electron chi connectivity index (χ0n) is 21.4. The van der Waals surface area contributed by atoms with E-state index in [1.807, 2.05) is 0 Å². The van der Waals surface area contributed by atoms with Crippen LogP contribution in [0.3, 0.4) is 0 Å². The van der Waals surface area contributed by atoms with E-state index >= 15 is 0 Å². The molecular weight excluding hydrogens is 504 g/mol. The summed E-state index contributed by atoms with van der Waals surface area (Å²) in [5, 5.41) is 10.3. The smallest absolute Gasteiger partial charge is 0.329 e. The zero-order valence-corrected chi connectivity index (χ0v) is 23.2. The van der Waals surface area contributed by atoms with Crippen LogP contribution in [0.1, 0.15) is 47.5 Å². The number of esters is 1. The van der Waals surface area contributed by atoms with Crippen LogP contribution in [0, 0.1) is 11.8 Å². The third kappa shape index (κ3) is 9.88. The van der Waals surface area contributed by atoms with Gasteiger partial charge >= 0.3 is 5.97 Å². The van der Waals surface area contributed by atoms with E-state index in [1.165, 1.54) is 6.08 Å². The topological polar surface area (TPSA) is 143 Å². The van der Waals surface area contributed by atoms with Gasteiger partial charge in [-0.3, -0.25) is 19.2 Å². The Bertz CT molecular complexity index is 875. The van der Waals surface area contributed by atoms with Crippen molar-refractivity contribution in [2.75, 3.05) is 11.5 Å². The monoisotopic (exact) mass is 542 g/mol. The molecule has 0 bridgehead atoms. The van der Waals surface area contributed by atoms with Gasteiger partial charge < -0.3 is 26.0 Å². The Morgan fingerprint density at radius 1 is 0.944 bits per heavy atom. The Hall–Kier alpha value is -2.47. The van der Waals surface area contributed by atoms with E-state index in [0.29, 0.717) is 12.2 Å². The second-order valence-corrected chi connectivity index (χ2v) is 9.85. The molecule has 202 valence electrons. The van der Waals surface area contributed by atoms with Gasteiger partial charge in [0.2, 0.25) is 17.7 Å². The van der Waals surface area contributed by atoms with Gasteiger partial charge in [0.15, 0.2) is 0 Å². The van der Waals surface area contributed by atoms with Crippen LogP contribution in [0.2, 0.25) is 0 Å². The largest absolute Gasteiger partial charge is 0.456 e. The molecular formula is C24H38N4O6S2. The fraction of sp³-hybridized carbons (Fsp3) is 0.625. The normalized spacial score (nSPS) is 26.6. The van der Waals surface area contributed by atoms with Crippen LogP contribution in [0.15, 0.2) is 23.9 Å². The minimum atomic E-state index is -1.07. The molecule has 0 spiro atoms. The first-order valence-electron chi connectivity index (χ1n) is 11.9. The Morgan fingerprint density at radius 2 is 1.58 bits per heavy atom. The van der Waals surface area contributed by atoms with Crippen molar-refractivity contribution in [2.45, 2.75) is 71.7 Å². The molecule has 0 aromatic carbocycles. The maximum Gasteiger partial charge on any atom is 0.329 e. The number of rotatable bonds is 6. The molecule has 4 amide bonds. The summed E-state index contributed by atoms with van der Waals surface area (Å²) in [6.07, 6.45) is 4.16. The van der Waals surface area contributed by atoms with Crippen LogP contribution in [0.4, 0.5) is 0 Å². The predicted molar refractivity (Wildman–Crippen MR) is 143 cm³/mol. The fourth-order valence-electron chi connectivity index (χ4n) is 3.30. The Balaban J connectivity index is 3.43. The van der Waals surface area contributed by atoms with E-state index in [0.717, 1.165) is 0 Å². The van der Waals surface area contributed by atoms with Gasteiger partial charge in [-0.1, -0.05) is 39.8 Å². The molecule has 1 saturated heterocycles. The van der Waals surface area contributed by atoms with Crippen LogP contribution in [0.25, 0.3) is 0 Å². The average Bonchev–Trinajstić information content (AvgIpc) is 2.81. The van der Waals surface area contributed by atoms with Crippen molar-refractivity contribution in [3.8, 4) is 0 Å².